The molecule has 0 atom stereocenters. The van der Waals surface area contributed by atoms with E-state index in [1.165, 1.54) is 0 Å². The molecule has 1 aromatic carbocycles. The van der Waals surface area contributed by atoms with Gasteiger partial charge in [-0.2, -0.15) is 0 Å². The van der Waals surface area contributed by atoms with Crippen molar-refractivity contribution in [3.05, 3.63) is 40.1 Å². The summed E-state index contributed by atoms with van der Waals surface area (Å²) >= 11 is 12.4. The van der Waals surface area contributed by atoms with Crippen molar-refractivity contribution in [1.82, 2.24) is 9.97 Å². The van der Waals surface area contributed by atoms with Crippen molar-refractivity contribution in [2.45, 2.75) is 25.7 Å². The van der Waals surface area contributed by atoms with Crippen LogP contribution in [0.1, 0.15) is 31.5 Å². The van der Waals surface area contributed by atoms with E-state index < -0.39 is 0 Å². The molecule has 5 heteroatoms. The van der Waals surface area contributed by atoms with Crippen LogP contribution in [0.4, 0.5) is 5.82 Å². The summed E-state index contributed by atoms with van der Waals surface area (Å²) in [7, 11) is 0. The molecule has 3 rings (SSSR count). The minimum atomic E-state index is 0.491. The van der Waals surface area contributed by atoms with Gasteiger partial charge in [-0.25, -0.2) is 9.97 Å². The van der Waals surface area contributed by atoms with Gasteiger partial charge < -0.3 is 5.32 Å². The van der Waals surface area contributed by atoms with E-state index in [1.54, 1.807) is 6.07 Å². The third-order valence-corrected chi connectivity index (χ3v) is 4.09. The molecule has 1 fully saturated rings. The second-order valence-electron chi connectivity index (χ2n) is 4.90. The lowest BCUT2D eigenvalue weighted by atomic mass is 10.1. The fourth-order valence-corrected chi connectivity index (χ4v) is 2.50. The lowest BCUT2D eigenvalue weighted by molar-refractivity contribution is 0.927. The normalized spacial score (nSPS) is 14.3. The van der Waals surface area contributed by atoms with Gasteiger partial charge in [0.15, 0.2) is 0 Å². The molecular weight excluding hydrogens is 293 g/mol. The van der Waals surface area contributed by atoms with E-state index in [2.05, 4.69) is 15.3 Å². The Morgan fingerprint density at radius 3 is 2.75 bits per heavy atom. The number of benzene rings is 1. The third kappa shape index (κ3) is 2.74. The minimum absolute atomic E-state index is 0.491. The number of hydrogen-bond donors (Lipinski definition) is 1. The van der Waals surface area contributed by atoms with Crippen LogP contribution >= 0.6 is 23.2 Å². The van der Waals surface area contributed by atoms with E-state index in [0.717, 1.165) is 42.3 Å². The van der Waals surface area contributed by atoms with Gasteiger partial charge in [0.2, 0.25) is 0 Å². The van der Waals surface area contributed by atoms with Crippen LogP contribution < -0.4 is 5.32 Å². The molecule has 0 radical (unpaired) electrons. The maximum absolute atomic E-state index is 6.29. The molecule has 0 aliphatic heterocycles. The van der Waals surface area contributed by atoms with Crippen LogP contribution in [0.15, 0.2) is 24.3 Å². The molecule has 2 aromatic rings. The Kier molecular flexibility index (Phi) is 3.81. The first-order valence-electron chi connectivity index (χ1n) is 6.76. The number of anilines is 1. The molecule has 0 spiro atoms. The average Bonchev–Trinajstić information content (AvgIpc) is 3.26. The van der Waals surface area contributed by atoms with Crippen LogP contribution in [-0.4, -0.2) is 16.5 Å². The Bertz CT molecular complexity index is 639. The Morgan fingerprint density at radius 1 is 1.25 bits per heavy atom. The van der Waals surface area contributed by atoms with Crippen LogP contribution in [-0.2, 0) is 0 Å². The van der Waals surface area contributed by atoms with Gasteiger partial charge in [0.25, 0.3) is 0 Å². The maximum atomic E-state index is 6.29. The molecule has 0 saturated heterocycles. The van der Waals surface area contributed by atoms with Crippen molar-refractivity contribution in [3.8, 4) is 11.3 Å². The number of aromatic nitrogens is 2. The lowest BCUT2D eigenvalue weighted by Gasteiger charge is -2.10. The van der Waals surface area contributed by atoms with E-state index in [0.29, 0.717) is 16.0 Å². The van der Waals surface area contributed by atoms with Crippen LogP contribution in [0, 0.1) is 0 Å². The molecule has 1 aromatic heterocycles. The quantitative estimate of drug-likeness (QED) is 0.885. The SMILES string of the molecule is CCNc1cc(-c2cccc(Cl)c2Cl)nc(C2CC2)n1. The second-order valence-corrected chi connectivity index (χ2v) is 5.69. The summed E-state index contributed by atoms with van der Waals surface area (Å²) in [6.45, 7) is 2.87. The van der Waals surface area contributed by atoms with Crippen molar-refractivity contribution in [2.24, 2.45) is 0 Å². The Balaban J connectivity index is 2.09. The van der Waals surface area contributed by atoms with Crippen LogP contribution in [0.2, 0.25) is 10.0 Å². The first-order chi connectivity index (χ1) is 9.69. The summed E-state index contributed by atoms with van der Waals surface area (Å²) < 4.78 is 0. The Labute approximate surface area is 128 Å². The third-order valence-electron chi connectivity index (χ3n) is 3.27. The van der Waals surface area contributed by atoms with Crippen LogP contribution in [0.5, 0.6) is 0 Å². The molecule has 104 valence electrons. The standard InChI is InChI=1S/C15H15Cl2N3/c1-2-18-13-8-12(19-15(20-13)9-6-7-9)10-4-3-5-11(16)14(10)17/h3-5,8-9H,2,6-7H2,1H3,(H,18,19,20). The summed E-state index contributed by atoms with van der Waals surface area (Å²) in [5.74, 6) is 2.23. The fourth-order valence-electron chi connectivity index (χ4n) is 2.10. The molecule has 20 heavy (non-hydrogen) atoms. The molecule has 1 saturated carbocycles. The first kappa shape index (κ1) is 13.7. The highest BCUT2D eigenvalue weighted by atomic mass is 35.5. The van der Waals surface area contributed by atoms with Crippen LogP contribution in [0.3, 0.4) is 0 Å². The molecular formula is C15H15Cl2N3. The molecule has 1 N–H and O–H groups in total. The highest BCUT2D eigenvalue weighted by molar-refractivity contribution is 6.43. The van der Waals surface area contributed by atoms with Gasteiger partial charge in [-0.1, -0.05) is 35.3 Å². The number of rotatable bonds is 4. The zero-order chi connectivity index (χ0) is 14.1. The Morgan fingerprint density at radius 2 is 2.05 bits per heavy atom. The minimum Gasteiger partial charge on any atom is -0.370 e. The number of nitrogens with zero attached hydrogens (tertiary/aromatic N) is 2. The topological polar surface area (TPSA) is 37.8 Å². The van der Waals surface area contributed by atoms with Crippen LogP contribution in [0.25, 0.3) is 11.3 Å². The van der Waals surface area contributed by atoms with Crippen molar-refractivity contribution in [1.29, 1.82) is 0 Å². The van der Waals surface area contributed by atoms with Gasteiger partial charge in [0.05, 0.1) is 15.7 Å². The van der Waals surface area contributed by atoms with E-state index >= 15 is 0 Å². The highest BCUT2D eigenvalue weighted by Gasteiger charge is 2.27. The highest BCUT2D eigenvalue weighted by Crippen LogP contribution is 2.40. The van der Waals surface area contributed by atoms with E-state index in [4.69, 9.17) is 23.2 Å². The first-order valence-corrected chi connectivity index (χ1v) is 7.52. The average molecular weight is 308 g/mol. The van der Waals surface area contributed by atoms with Gasteiger partial charge >= 0.3 is 0 Å². The lowest BCUT2D eigenvalue weighted by Crippen LogP contribution is -2.04. The molecule has 0 bridgehead atoms. The van der Waals surface area contributed by atoms with Gasteiger partial charge in [-0.15, -0.1) is 0 Å². The molecule has 1 aliphatic carbocycles. The van der Waals surface area contributed by atoms with Gasteiger partial charge in [-0.05, 0) is 25.8 Å². The number of hydrogen-bond acceptors (Lipinski definition) is 3. The fraction of sp³-hybridized carbons (Fsp3) is 0.333. The largest absolute Gasteiger partial charge is 0.370 e. The molecule has 0 amide bonds. The van der Waals surface area contributed by atoms with Crippen molar-refractivity contribution in [2.75, 3.05) is 11.9 Å². The smallest absolute Gasteiger partial charge is 0.134 e. The summed E-state index contributed by atoms with van der Waals surface area (Å²) in [5.41, 5.74) is 1.67. The van der Waals surface area contributed by atoms with Gasteiger partial charge in [0, 0.05) is 24.1 Å². The summed E-state index contributed by atoms with van der Waals surface area (Å²) in [6.07, 6.45) is 2.33. The monoisotopic (exact) mass is 307 g/mol. The summed E-state index contributed by atoms with van der Waals surface area (Å²) in [5, 5.41) is 4.33. The summed E-state index contributed by atoms with van der Waals surface area (Å²) in [6, 6.07) is 7.52. The van der Waals surface area contributed by atoms with Gasteiger partial charge in [0.1, 0.15) is 11.6 Å². The maximum Gasteiger partial charge on any atom is 0.134 e. The van der Waals surface area contributed by atoms with Crippen molar-refractivity contribution < 1.29 is 0 Å². The van der Waals surface area contributed by atoms with Crippen molar-refractivity contribution in [3.63, 3.8) is 0 Å². The predicted octanol–water partition coefficient (Wildman–Crippen LogP) is 4.76. The molecule has 1 heterocycles. The van der Waals surface area contributed by atoms with E-state index in [1.807, 2.05) is 25.1 Å². The van der Waals surface area contributed by atoms with E-state index in [9.17, 15) is 0 Å². The molecule has 3 nitrogen and oxygen atoms in total. The zero-order valence-corrected chi connectivity index (χ0v) is 12.7. The number of nitrogens with one attached hydrogen (secondary N) is 1. The molecule has 1 aliphatic rings. The van der Waals surface area contributed by atoms with E-state index in [-0.39, 0.29) is 0 Å². The van der Waals surface area contributed by atoms with Gasteiger partial charge in [-0.3, -0.25) is 0 Å². The summed E-state index contributed by atoms with van der Waals surface area (Å²) in [4.78, 5) is 9.22. The molecule has 0 unspecified atom stereocenters. The second kappa shape index (κ2) is 5.58. The van der Waals surface area contributed by atoms with Crippen molar-refractivity contribution >= 4 is 29.0 Å². The number of halogens is 2. The Hall–Kier alpha value is -1.32. The zero-order valence-electron chi connectivity index (χ0n) is 11.2. The predicted molar refractivity (Wildman–Crippen MR) is 83.6 cm³/mol.